The first kappa shape index (κ1) is 11.8. The van der Waals surface area contributed by atoms with Crippen molar-refractivity contribution < 1.29 is 9.48 Å². The van der Waals surface area contributed by atoms with Crippen molar-refractivity contribution in [2.45, 2.75) is 13.0 Å². The molecule has 0 aliphatic heterocycles. The number of hydrogen-bond donors (Lipinski definition) is 0. The van der Waals surface area contributed by atoms with Gasteiger partial charge in [0, 0.05) is 24.0 Å². The highest BCUT2D eigenvalue weighted by Gasteiger charge is 2.07. The van der Waals surface area contributed by atoms with Gasteiger partial charge >= 0.3 is 0 Å². The van der Waals surface area contributed by atoms with Gasteiger partial charge in [-0.15, -0.1) is 0 Å². The quantitative estimate of drug-likeness (QED) is 0.626. The maximum atomic E-state index is 10.8. The van der Waals surface area contributed by atoms with Crippen molar-refractivity contribution in [3.63, 3.8) is 0 Å². The van der Waals surface area contributed by atoms with E-state index in [4.69, 9.17) is 0 Å². The van der Waals surface area contributed by atoms with Crippen molar-refractivity contribution in [1.82, 2.24) is 15.1 Å². The Labute approximate surface area is 107 Å². The largest absolute Gasteiger partial charge is 0.286 e. The predicted octanol–water partition coefficient (Wildman–Crippen LogP) is 1.14. The lowest BCUT2D eigenvalue weighted by atomic mass is 10.3. The van der Waals surface area contributed by atoms with Crippen molar-refractivity contribution >= 4 is 20.6 Å². The van der Waals surface area contributed by atoms with Gasteiger partial charge in [0.15, 0.2) is 18.6 Å². The van der Waals surface area contributed by atoms with Crippen LogP contribution in [0.1, 0.15) is 6.42 Å². The molecular weight excluding hydrogens is 284 g/mol. The van der Waals surface area contributed by atoms with Crippen LogP contribution in [0.25, 0.3) is 11.4 Å². The van der Waals surface area contributed by atoms with Crippen LogP contribution >= 0.6 is 15.9 Å². The lowest BCUT2D eigenvalue weighted by molar-refractivity contribution is -0.752. The molecule has 86 valence electrons. The second-order valence-corrected chi connectivity index (χ2v) is 4.24. The third kappa shape index (κ3) is 3.39. The smallest absolute Gasteiger partial charge is 0.204 e. The van der Waals surface area contributed by atoms with Crippen molar-refractivity contribution in [2.75, 3.05) is 0 Å². The van der Waals surface area contributed by atoms with Crippen molar-refractivity contribution in [1.29, 1.82) is 0 Å². The standard InChI is InChI=1S/C11H10BrN4O/c12-10(17)3-7-16-6-2-9(8-15-16)11-13-4-1-5-14-11/h1-2,4-6,8H,3,7H2/q+1. The maximum Gasteiger partial charge on any atom is 0.204 e. The molecule has 5 nitrogen and oxygen atoms in total. The molecule has 0 atom stereocenters. The fourth-order valence-corrected chi connectivity index (χ4v) is 1.48. The summed E-state index contributed by atoms with van der Waals surface area (Å²) in [5.41, 5.74) is 0.854. The Morgan fingerprint density at radius 1 is 1.35 bits per heavy atom. The lowest BCUT2D eigenvalue weighted by Gasteiger charge is -1.96. The Kier molecular flexibility index (Phi) is 3.87. The molecule has 0 saturated heterocycles. The molecule has 17 heavy (non-hydrogen) atoms. The van der Waals surface area contributed by atoms with Crippen LogP contribution in [0.2, 0.25) is 0 Å². The van der Waals surface area contributed by atoms with Gasteiger partial charge < -0.3 is 0 Å². The number of carbonyl (C=O) groups excluding carboxylic acids is 1. The van der Waals surface area contributed by atoms with E-state index in [0.29, 0.717) is 18.8 Å². The van der Waals surface area contributed by atoms with Crippen LogP contribution < -0.4 is 4.68 Å². The Hall–Kier alpha value is -1.69. The van der Waals surface area contributed by atoms with E-state index in [0.717, 1.165) is 5.56 Å². The molecule has 2 aromatic heterocycles. The normalized spacial score (nSPS) is 10.2. The van der Waals surface area contributed by atoms with Crippen molar-refractivity contribution in [2.24, 2.45) is 0 Å². The number of carbonyl (C=O) groups is 1. The minimum atomic E-state index is -0.0257. The fourth-order valence-electron chi connectivity index (χ4n) is 1.30. The van der Waals surface area contributed by atoms with Gasteiger partial charge in [-0.3, -0.25) is 4.79 Å². The summed E-state index contributed by atoms with van der Waals surface area (Å²) in [6.07, 6.45) is 7.29. The Bertz CT molecular complexity index is 501. The molecule has 0 unspecified atom stereocenters. The van der Waals surface area contributed by atoms with Gasteiger partial charge in [0.1, 0.15) is 6.20 Å². The second-order valence-electron chi connectivity index (χ2n) is 3.36. The molecule has 0 N–H and O–H groups in total. The topological polar surface area (TPSA) is 59.6 Å². The van der Waals surface area contributed by atoms with Crippen molar-refractivity contribution in [3.8, 4) is 11.4 Å². The number of aromatic nitrogens is 4. The Morgan fingerprint density at radius 2 is 2.12 bits per heavy atom. The summed E-state index contributed by atoms with van der Waals surface area (Å²) in [5, 5.41) is 4.19. The number of hydrogen-bond acceptors (Lipinski definition) is 4. The summed E-state index contributed by atoms with van der Waals surface area (Å²) in [5.74, 6) is 0.642. The van der Waals surface area contributed by atoms with E-state index in [9.17, 15) is 4.79 Å². The first-order valence-electron chi connectivity index (χ1n) is 5.07. The molecule has 2 aromatic rings. The zero-order valence-corrected chi connectivity index (χ0v) is 10.5. The number of aryl methyl sites for hydroxylation is 1. The average molecular weight is 294 g/mol. The van der Waals surface area contributed by atoms with E-state index in [1.807, 2.05) is 12.3 Å². The van der Waals surface area contributed by atoms with E-state index in [1.54, 1.807) is 29.3 Å². The van der Waals surface area contributed by atoms with Crippen LogP contribution in [0.4, 0.5) is 0 Å². The summed E-state index contributed by atoms with van der Waals surface area (Å²) in [7, 11) is 0. The molecule has 0 saturated carbocycles. The minimum Gasteiger partial charge on any atom is -0.286 e. The van der Waals surface area contributed by atoms with Gasteiger partial charge in [-0.1, -0.05) is 4.68 Å². The van der Waals surface area contributed by atoms with Gasteiger partial charge in [0.2, 0.25) is 4.69 Å². The van der Waals surface area contributed by atoms with Crippen LogP contribution in [0.3, 0.4) is 0 Å². The van der Waals surface area contributed by atoms with Crippen LogP contribution in [0.15, 0.2) is 36.9 Å². The molecule has 6 heteroatoms. The van der Waals surface area contributed by atoms with Gasteiger partial charge in [0.25, 0.3) is 0 Å². The molecule has 0 spiro atoms. The highest BCUT2D eigenvalue weighted by molar-refractivity contribution is 9.18. The third-order valence-electron chi connectivity index (χ3n) is 2.13. The summed E-state index contributed by atoms with van der Waals surface area (Å²) >= 11 is 2.88. The molecule has 0 aliphatic rings. The predicted molar refractivity (Wildman–Crippen MR) is 64.0 cm³/mol. The summed E-state index contributed by atoms with van der Waals surface area (Å²) in [6, 6.07) is 3.64. The highest BCUT2D eigenvalue weighted by atomic mass is 79.9. The Morgan fingerprint density at radius 3 is 2.71 bits per heavy atom. The lowest BCUT2D eigenvalue weighted by Crippen LogP contribution is -2.37. The Balaban J connectivity index is 2.11. The molecule has 0 bridgehead atoms. The van der Waals surface area contributed by atoms with Gasteiger partial charge in [-0.05, 0) is 27.1 Å². The highest BCUT2D eigenvalue weighted by Crippen LogP contribution is 2.09. The second kappa shape index (κ2) is 5.58. The number of rotatable bonds is 4. The van der Waals surface area contributed by atoms with Crippen LogP contribution in [-0.2, 0) is 11.3 Å². The molecule has 0 amide bonds. The molecule has 0 fully saturated rings. The van der Waals surface area contributed by atoms with E-state index in [2.05, 4.69) is 31.0 Å². The molecule has 0 aromatic carbocycles. The molecule has 2 heterocycles. The van der Waals surface area contributed by atoms with Crippen LogP contribution in [0, 0.1) is 0 Å². The monoisotopic (exact) mass is 293 g/mol. The molecule has 0 aliphatic carbocycles. The van der Waals surface area contributed by atoms with Crippen molar-refractivity contribution in [3.05, 3.63) is 36.9 Å². The summed E-state index contributed by atoms with van der Waals surface area (Å²) in [6.45, 7) is 0.556. The number of halogens is 1. The third-order valence-corrected chi connectivity index (χ3v) is 2.53. The zero-order chi connectivity index (χ0) is 12.1. The fraction of sp³-hybridized carbons (Fsp3) is 0.182. The average Bonchev–Trinajstić information content (AvgIpc) is 2.38. The summed E-state index contributed by atoms with van der Waals surface area (Å²) < 4.78 is 1.67. The zero-order valence-electron chi connectivity index (χ0n) is 8.95. The summed E-state index contributed by atoms with van der Waals surface area (Å²) in [4.78, 5) is 19.0. The van der Waals surface area contributed by atoms with E-state index < -0.39 is 0 Å². The van der Waals surface area contributed by atoms with E-state index in [1.165, 1.54) is 0 Å². The first-order chi connectivity index (χ1) is 8.25. The van der Waals surface area contributed by atoms with E-state index in [-0.39, 0.29) is 4.69 Å². The molecule has 2 rings (SSSR count). The minimum absolute atomic E-state index is 0.0257. The SMILES string of the molecule is O=C(Br)CC[n+]1ccc(-c2ncccn2)cn1. The van der Waals surface area contributed by atoms with E-state index >= 15 is 0 Å². The maximum absolute atomic E-state index is 10.8. The molecule has 0 radical (unpaired) electrons. The molecular formula is C11H10BrN4O+. The van der Waals surface area contributed by atoms with Gasteiger partial charge in [-0.25, -0.2) is 9.97 Å². The van der Waals surface area contributed by atoms with Crippen LogP contribution in [-0.4, -0.2) is 19.8 Å². The van der Waals surface area contributed by atoms with Gasteiger partial charge in [0.05, 0.1) is 6.42 Å². The number of nitrogens with zero attached hydrogens (tertiary/aromatic N) is 4. The first-order valence-corrected chi connectivity index (χ1v) is 5.86. The van der Waals surface area contributed by atoms with Crippen LogP contribution in [0.5, 0.6) is 0 Å². The van der Waals surface area contributed by atoms with Gasteiger partial charge in [-0.2, -0.15) is 0 Å².